The molecule has 0 radical (unpaired) electrons. The molecule has 0 bridgehead atoms. The fraction of sp³-hybridized carbons (Fsp3) is 0.250. The highest BCUT2D eigenvalue weighted by Gasteiger charge is 2.26. The second-order valence-electron chi connectivity index (χ2n) is 6.80. The Morgan fingerprint density at radius 3 is 2.63 bits per heavy atom. The minimum atomic E-state index is -0.962. The Kier molecular flexibility index (Phi) is 6.57. The maximum atomic E-state index is 12.8. The van der Waals surface area contributed by atoms with Crippen LogP contribution < -0.4 is 14.4 Å². The number of phenols is 1. The van der Waals surface area contributed by atoms with E-state index in [1.165, 1.54) is 19.3 Å². The number of carbonyl (C=O) groups is 2. The molecule has 6 nitrogen and oxygen atoms in total. The average Bonchev–Trinajstić information content (AvgIpc) is 2.78. The molecule has 1 heterocycles. The van der Waals surface area contributed by atoms with Crippen molar-refractivity contribution in [2.45, 2.75) is 20.0 Å². The van der Waals surface area contributed by atoms with Crippen LogP contribution in [0.15, 0.2) is 48.0 Å². The van der Waals surface area contributed by atoms with E-state index in [1.54, 1.807) is 24.3 Å². The number of anilines is 1. The van der Waals surface area contributed by atoms with Crippen molar-refractivity contribution in [3.05, 3.63) is 59.2 Å². The van der Waals surface area contributed by atoms with Crippen LogP contribution in [0, 0.1) is 0 Å². The molecule has 2 aromatic carbocycles. The number of rotatable bonds is 8. The van der Waals surface area contributed by atoms with Gasteiger partial charge < -0.3 is 19.5 Å². The second-order valence-corrected chi connectivity index (χ2v) is 6.80. The maximum Gasteiger partial charge on any atom is 0.186 e. The highest BCUT2D eigenvalue weighted by molar-refractivity contribution is 6.12. The average molecular weight is 407 g/mol. The monoisotopic (exact) mass is 407 g/mol. The van der Waals surface area contributed by atoms with E-state index in [0.717, 1.165) is 24.3 Å². The number of ether oxygens (including phenoxy) is 2. The maximum absolute atomic E-state index is 12.8. The minimum absolute atomic E-state index is 0.0195. The van der Waals surface area contributed by atoms with Crippen molar-refractivity contribution in [2.24, 2.45) is 0 Å². The molecule has 6 heteroatoms. The first-order valence-corrected chi connectivity index (χ1v) is 9.82. The van der Waals surface area contributed by atoms with E-state index in [2.05, 4.69) is 18.7 Å². The van der Waals surface area contributed by atoms with E-state index < -0.39 is 6.10 Å². The molecule has 0 spiro atoms. The van der Waals surface area contributed by atoms with Crippen molar-refractivity contribution >= 4 is 29.9 Å². The van der Waals surface area contributed by atoms with Crippen LogP contribution in [-0.2, 0) is 9.59 Å². The Morgan fingerprint density at radius 1 is 1.20 bits per heavy atom. The zero-order valence-electron chi connectivity index (χ0n) is 17.3. The molecule has 30 heavy (non-hydrogen) atoms. The summed E-state index contributed by atoms with van der Waals surface area (Å²) in [6.45, 7) is 5.87. The fourth-order valence-corrected chi connectivity index (χ4v) is 3.36. The quantitative estimate of drug-likeness (QED) is 0.529. The van der Waals surface area contributed by atoms with Crippen LogP contribution in [0.3, 0.4) is 0 Å². The number of hydrogen-bond donors (Lipinski definition) is 1. The van der Waals surface area contributed by atoms with Gasteiger partial charge in [-0.25, -0.2) is 0 Å². The first-order valence-electron chi connectivity index (χ1n) is 9.82. The van der Waals surface area contributed by atoms with Gasteiger partial charge >= 0.3 is 0 Å². The van der Waals surface area contributed by atoms with Crippen molar-refractivity contribution in [2.75, 3.05) is 25.1 Å². The van der Waals surface area contributed by atoms with Gasteiger partial charge in [-0.1, -0.05) is 12.1 Å². The molecule has 3 rings (SSSR count). The number of carbonyl (C=O) groups excluding carboxylic acids is 2. The normalized spacial score (nSPS) is 15.2. The van der Waals surface area contributed by atoms with Gasteiger partial charge in [0.2, 0.25) is 0 Å². The van der Waals surface area contributed by atoms with Gasteiger partial charge in [0.1, 0.15) is 5.75 Å². The van der Waals surface area contributed by atoms with Gasteiger partial charge in [-0.15, -0.1) is 0 Å². The number of aldehydes is 1. The summed E-state index contributed by atoms with van der Waals surface area (Å²) in [5, 5.41) is 9.68. The van der Waals surface area contributed by atoms with Crippen LogP contribution in [0.25, 0.3) is 12.2 Å². The summed E-state index contributed by atoms with van der Waals surface area (Å²) >= 11 is 0. The number of aromatic hydroxyl groups is 1. The van der Waals surface area contributed by atoms with Gasteiger partial charge in [0.05, 0.1) is 7.11 Å². The molecule has 0 fully saturated rings. The van der Waals surface area contributed by atoms with Crippen LogP contribution >= 0.6 is 0 Å². The molecule has 0 aromatic heterocycles. The lowest BCUT2D eigenvalue weighted by atomic mass is 9.97. The van der Waals surface area contributed by atoms with Gasteiger partial charge in [-0.2, -0.15) is 0 Å². The predicted octanol–water partition coefficient (Wildman–Crippen LogP) is 3.87. The Balaban J connectivity index is 1.87. The Bertz CT molecular complexity index is 1000. The third-order valence-corrected chi connectivity index (χ3v) is 5.04. The van der Waals surface area contributed by atoms with Crippen molar-refractivity contribution in [1.29, 1.82) is 0 Å². The van der Waals surface area contributed by atoms with Gasteiger partial charge in [0.15, 0.2) is 29.7 Å². The third-order valence-electron chi connectivity index (χ3n) is 5.04. The Morgan fingerprint density at radius 2 is 1.97 bits per heavy atom. The zero-order valence-corrected chi connectivity index (χ0v) is 17.3. The SMILES string of the molecule is CCN(CC)c1ccc2c(c1)OC(C=O)C(C(=O)/C=C/c1ccc(O)c(OC)c1)=C2. The lowest BCUT2D eigenvalue weighted by Gasteiger charge is -2.26. The summed E-state index contributed by atoms with van der Waals surface area (Å²) in [4.78, 5) is 26.6. The molecular formula is C24H25NO5. The van der Waals surface area contributed by atoms with E-state index in [9.17, 15) is 14.7 Å². The van der Waals surface area contributed by atoms with E-state index in [0.29, 0.717) is 23.3 Å². The highest BCUT2D eigenvalue weighted by atomic mass is 16.5. The van der Waals surface area contributed by atoms with Crippen molar-refractivity contribution in [3.8, 4) is 17.2 Å². The molecule has 156 valence electrons. The van der Waals surface area contributed by atoms with Crippen LogP contribution in [0.4, 0.5) is 5.69 Å². The third kappa shape index (κ3) is 4.38. The minimum Gasteiger partial charge on any atom is -0.504 e. The molecule has 0 amide bonds. The van der Waals surface area contributed by atoms with E-state index in [1.807, 2.05) is 18.2 Å². The van der Waals surface area contributed by atoms with E-state index >= 15 is 0 Å². The van der Waals surface area contributed by atoms with Crippen LogP contribution in [0.5, 0.6) is 17.2 Å². The molecular weight excluding hydrogens is 382 g/mol. The molecule has 2 aromatic rings. The standard InChI is InChI=1S/C24H25NO5/c1-4-25(5-2)18-9-8-17-13-19(24(15-26)30-22(17)14-18)20(27)10-6-16-7-11-21(28)23(12-16)29-3/h6-15,24,28H,4-5H2,1-3H3/b10-6+. The number of hydrogen-bond acceptors (Lipinski definition) is 6. The van der Waals surface area contributed by atoms with E-state index in [-0.39, 0.29) is 17.1 Å². The van der Waals surface area contributed by atoms with Gasteiger partial charge in [0.25, 0.3) is 0 Å². The zero-order chi connectivity index (χ0) is 21.7. The molecule has 0 aliphatic carbocycles. The Hall–Kier alpha value is -3.54. The van der Waals surface area contributed by atoms with Crippen LogP contribution in [0.2, 0.25) is 0 Å². The van der Waals surface area contributed by atoms with Gasteiger partial charge in [0, 0.05) is 36.0 Å². The summed E-state index contributed by atoms with van der Waals surface area (Å²) < 4.78 is 10.9. The van der Waals surface area contributed by atoms with Crippen molar-refractivity contribution in [3.63, 3.8) is 0 Å². The summed E-state index contributed by atoms with van der Waals surface area (Å²) in [7, 11) is 1.45. The molecule has 0 saturated carbocycles. The second kappa shape index (κ2) is 9.31. The fourth-order valence-electron chi connectivity index (χ4n) is 3.36. The topological polar surface area (TPSA) is 76.1 Å². The van der Waals surface area contributed by atoms with Gasteiger partial charge in [-0.05, 0) is 55.8 Å². The van der Waals surface area contributed by atoms with Crippen LogP contribution in [0.1, 0.15) is 25.0 Å². The summed E-state index contributed by atoms with van der Waals surface area (Å²) in [6.07, 6.45) is 4.36. The lowest BCUT2D eigenvalue weighted by molar-refractivity contribution is -0.117. The number of benzene rings is 2. The molecule has 1 aliphatic rings. The number of allylic oxidation sites excluding steroid dienone is 1. The number of fused-ring (bicyclic) bond motifs is 1. The largest absolute Gasteiger partial charge is 0.504 e. The molecule has 1 unspecified atom stereocenters. The van der Waals surface area contributed by atoms with Crippen molar-refractivity contribution < 1.29 is 24.2 Å². The van der Waals surface area contributed by atoms with Gasteiger partial charge in [-0.3, -0.25) is 9.59 Å². The van der Waals surface area contributed by atoms with E-state index in [4.69, 9.17) is 9.47 Å². The molecule has 0 saturated heterocycles. The molecule has 1 atom stereocenters. The number of ketones is 1. The van der Waals surface area contributed by atoms with Crippen molar-refractivity contribution in [1.82, 2.24) is 0 Å². The predicted molar refractivity (Wildman–Crippen MR) is 117 cm³/mol. The summed E-state index contributed by atoms with van der Waals surface area (Å²) in [5.41, 5.74) is 2.72. The van der Waals surface area contributed by atoms with Crippen LogP contribution in [-0.4, -0.2) is 43.5 Å². The lowest BCUT2D eigenvalue weighted by Crippen LogP contribution is -2.28. The smallest absolute Gasteiger partial charge is 0.186 e. The highest BCUT2D eigenvalue weighted by Crippen LogP contribution is 2.33. The molecule has 1 aliphatic heterocycles. The summed E-state index contributed by atoms with van der Waals surface area (Å²) in [6, 6.07) is 10.5. The number of nitrogens with zero attached hydrogens (tertiary/aromatic N) is 1. The number of methoxy groups -OCH3 is 1. The Labute approximate surface area is 176 Å². The first-order chi connectivity index (χ1) is 14.5. The first kappa shape index (κ1) is 21.2. The number of phenolic OH excluding ortho intramolecular Hbond substituents is 1. The molecule has 1 N–H and O–H groups in total. The summed E-state index contributed by atoms with van der Waals surface area (Å²) in [5.74, 6) is 0.595.